The third-order valence-electron chi connectivity index (χ3n) is 1.03. The van der Waals surface area contributed by atoms with E-state index in [1.54, 1.807) is 0 Å². The summed E-state index contributed by atoms with van der Waals surface area (Å²) in [5, 5.41) is 16.3. The number of carboxylic acids is 2. The molecule has 0 saturated carbocycles. The first kappa shape index (κ1) is 26.4. The van der Waals surface area contributed by atoms with Crippen LogP contribution in [0.25, 0.3) is 0 Å². The van der Waals surface area contributed by atoms with Gasteiger partial charge >= 0.3 is 71.1 Å². The van der Waals surface area contributed by atoms with Crippen molar-refractivity contribution in [3.8, 4) is 0 Å². The van der Waals surface area contributed by atoms with E-state index < -0.39 is 22.3 Å². The minimum Gasteiger partial charge on any atom is -0.759 e. The Labute approximate surface area is 143 Å². The minimum atomic E-state index is -5.17. The van der Waals surface area contributed by atoms with E-state index in [0.29, 0.717) is 12.8 Å². The van der Waals surface area contributed by atoms with Gasteiger partial charge in [0.25, 0.3) is 0 Å². The number of hydrogen-bond donors (Lipinski definition) is 2. The SMILES string of the molecule is O=C(O)CCCCC(=O)O.O=S(=O)([O-])[O-].[Na+].[Na+]. The van der Waals surface area contributed by atoms with E-state index in [1.165, 1.54) is 0 Å². The molecule has 0 radical (unpaired) electrons. The Balaban J connectivity index is -0.000000105. The average Bonchev–Trinajstić information content (AvgIpc) is 1.94. The molecule has 0 aliphatic rings. The van der Waals surface area contributed by atoms with Crippen LogP contribution in [-0.2, 0) is 20.0 Å². The molecule has 0 aliphatic heterocycles. The van der Waals surface area contributed by atoms with Crippen LogP contribution in [0.1, 0.15) is 25.7 Å². The fourth-order valence-corrected chi connectivity index (χ4v) is 0.552. The second-order valence-corrected chi connectivity index (χ2v) is 3.22. The van der Waals surface area contributed by atoms with Crippen molar-refractivity contribution in [2.75, 3.05) is 0 Å². The van der Waals surface area contributed by atoms with Crippen LogP contribution in [0.15, 0.2) is 0 Å². The molecule has 0 bridgehead atoms. The maximum absolute atomic E-state index is 9.90. The van der Waals surface area contributed by atoms with Crippen LogP contribution in [0.3, 0.4) is 0 Å². The molecular weight excluding hydrogens is 278 g/mol. The molecule has 0 fully saturated rings. The van der Waals surface area contributed by atoms with Crippen molar-refractivity contribution in [3.05, 3.63) is 0 Å². The summed E-state index contributed by atoms with van der Waals surface area (Å²) in [6.07, 6.45) is 1.02. The molecule has 17 heavy (non-hydrogen) atoms. The molecule has 8 nitrogen and oxygen atoms in total. The monoisotopic (exact) mass is 288 g/mol. The van der Waals surface area contributed by atoms with Gasteiger partial charge in [-0.15, -0.1) is 0 Å². The molecule has 0 saturated heterocycles. The van der Waals surface area contributed by atoms with Crippen molar-refractivity contribution in [1.29, 1.82) is 0 Å². The number of carboxylic acid groups (broad SMARTS) is 2. The molecule has 0 aromatic heterocycles. The third kappa shape index (κ3) is 60.4. The molecule has 0 aliphatic carbocycles. The van der Waals surface area contributed by atoms with Gasteiger partial charge in [0.15, 0.2) is 0 Å². The molecule has 0 amide bonds. The summed E-state index contributed by atoms with van der Waals surface area (Å²) < 4.78 is 34.1. The Morgan fingerprint density at radius 2 is 1.06 bits per heavy atom. The van der Waals surface area contributed by atoms with Crippen LogP contribution in [0.2, 0.25) is 0 Å². The van der Waals surface area contributed by atoms with Gasteiger partial charge in [-0.05, 0) is 12.8 Å². The summed E-state index contributed by atoms with van der Waals surface area (Å²) in [6, 6.07) is 0. The smallest absolute Gasteiger partial charge is 0.759 e. The average molecular weight is 288 g/mol. The van der Waals surface area contributed by atoms with Crippen molar-refractivity contribution in [3.63, 3.8) is 0 Å². The summed E-state index contributed by atoms with van der Waals surface area (Å²) in [4.78, 5) is 19.8. The Kier molecular flexibility index (Phi) is 23.1. The van der Waals surface area contributed by atoms with Gasteiger partial charge in [-0.1, -0.05) is 0 Å². The standard InChI is InChI=1S/C6H10O4.2Na.H2O4S/c7-5(8)3-1-2-4-6(9)10;;;1-5(2,3)4/h1-4H2,(H,7,8)(H,9,10);;;(H2,1,2,3,4)/q;2*+1;/p-2. The second-order valence-electron chi connectivity index (χ2n) is 2.40. The zero-order valence-electron chi connectivity index (χ0n) is 9.58. The van der Waals surface area contributed by atoms with Crippen molar-refractivity contribution < 1.29 is 96.4 Å². The van der Waals surface area contributed by atoms with Gasteiger partial charge in [0, 0.05) is 23.2 Å². The Morgan fingerprint density at radius 1 is 0.882 bits per heavy atom. The number of unbranched alkanes of at least 4 members (excludes halogenated alkanes) is 1. The van der Waals surface area contributed by atoms with E-state index in [4.69, 9.17) is 27.7 Å². The zero-order chi connectivity index (χ0) is 12.5. The van der Waals surface area contributed by atoms with Crippen LogP contribution in [-0.4, -0.2) is 39.7 Å². The summed E-state index contributed by atoms with van der Waals surface area (Å²) >= 11 is 0. The first-order valence-corrected chi connectivity index (χ1v) is 5.06. The van der Waals surface area contributed by atoms with Crippen LogP contribution in [0.4, 0.5) is 0 Å². The summed E-state index contributed by atoms with van der Waals surface area (Å²) in [6.45, 7) is 0. The van der Waals surface area contributed by atoms with Crippen LogP contribution in [0, 0.1) is 0 Å². The summed E-state index contributed by atoms with van der Waals surface area (Å²) in [7, 11) is -5.17. The minimum absolute atomic E-state index is 0. The van der Waals surface area contributed by atoms with Gasteiger partial charge in [-0.3, -0.25) is 18.0 Å². The first-order valence-electron chi connectivity index (χ1n) is 3.73. The second kappa shape index (κ2) is 14.9. The molecule has 0 rings (SSSR count). The zero-order valence-corrected chi connectivity index (χ0v) is 14.4. The van der Waals surface area contributed by atoms with Crippen molar-refractivity contribution in [2.45, 2.75) is 25.7 Å². The Morgan fingerprint density at radius 3 is 1.18 bits per heavy atom. The molecule has 0 aromatic rings. The quantitative estimate of drug-likeness (QED) is 0.219. The summed E-state index contributed by atoms with van der Waals surface area (Å²) in [5.41, 5.74) is 0. The number of carbonyl (C=O) groups is 2. The van der Waals surface area contributed by atoms with Crippen LogP contribution < -0.4 is 59.1 Å². The van der Waals surface area contributed by atoms with Crippen LogP contribution >= 0.6 is 0 Å². The van der Waals surface area contributed by atoms with E-state index in [-0.39, 0.29) is 72.0 Å². The van der Waals surface area contributed by atoms with E-state index in [2.05, 4.69) is 0 Å². The fourth-order valence-electron chi connectivity index (χ4n) is 0.552. The Hall–Kier alpha value is 0.810. The molecule has 0 aromatic carbocycles. The fraction of sp³-hybridized carbons (Fsp3) is 0.667. The molecule has 2 N–H and O–H groups in total. The molecule has 0 spiro atoms. The molecular formula is C6H10Na2O8S. The number of rotatable bonds is 5. The molecule has 90 valence electrons. The van der Waals surface area contributed by atoms with Gasteiger partial charge < -0.3 is 19.3 Å². The van der Waals surface area contributed by atoms with Gasteiger partial charge in [0.2, 0.25) is 0 Å². The van der Waals surface area contributed by atoms with E-state index >= 15 is 0 Å². The third-order valence-corrected chi connectivity index (χ3v) is 1.03. The predicted molar refractivity (Wildman–Crippen MR) is 44.2 cm³/mol. The maximum atomic E-state index is 9.90. The molecule has 0 atom stereocenters. The van der Waals surface area contributed by atoms with E-state index in [0.717, 1.165) is 0 Å². The summed E-state index contributed by atoms with van der Waals surface area (Å²) in [5.74, 6) is -1.74. The van der Waals surface area contributed by atoms with Gasteiger partial charge in [0.05, 0.1) is 0 Å². The topological polar surface area (TPSA) is 155 Å². The van der Waals surface area contributed by atoms with E-state index in [1.807, 2.05) is 0 Å². The molecule has 0 heterocycles. The molecule has 11 heteroatoms. The number of hydrogen-bond acceptors (Lipinski definition) is 6. The first-order chi connectivity index (χ1) is 6.63. The maximum Gasteiger partial charge on any atom is 1.00 e. The van der Waals surface area contributed by atoms with Crippen molar-refractivity contribution in [1.82, 2.24) is 0 Å². The van der Waals surface area contributed by atoms with Crippen molar-refractivity contribution >= 4 is 22.3 Å². The number of aliphatic carboxylic acids is 2. The predicted octanol–water partition coefficient (Wildman–Crippen LogP) is -6.61. The molecule has 0 unspecified atom stereocenters. The Bertz CT molecular complexity index is 277. The van der Waals surface area contributed by atoms with Crippen LogP contribution in [0.5, 0.6) is 0 Å². The van der Waals surface area contributed by atoms with Gasteiger partial charge in [-0.25, -0.2) is 0 Å². The normalized spacial score (nSPS) is 8.82. The van der Waals surface area contributed by atoms with Gasteiger partial charge in [-0.2, -0.15) is 0 Å². The van der Waals surface area contributed by atoms with E-state index in [9.17, 15) is 9.59 Å². The van der Waals surface area contributed by atoms with Gasteiger partial charge in [0.1, 0.15) is 0 Å². The van der Waals surface area contributed by atoms with Crippen molar-refractivity contribution in [2.24, 2.45) is 0 Å². The largest absolute Gasteiger partial charge is 1.00 e.